The third kappa shape index (κ3) is 4.81. The number of benzene rings is 2. The Morgan fingerprint density at radius 1 is 1.23 bits per heavy atom. The maximum absolute atomic E-state index is 11.6. The number of carbonyl (C=O) groups excluding carboxylic acids is 1. The van der Waals surface area contributed by atoms with Crippen molar-refractivity contribution >= 4 is 34.2 Å². The largest absolute Gasteiger partial charge is 0.438 e. The molecule has 3 heterocycles. The minimum absolute atomic E-state index is 0.270. The Bertz CT molecular complexity index is 1780. The number of fused-ring (bicyclic) bond motifs is 1. The van der Waals surface area contributed by atoms with Gasteiger partial charge in [0.05, 0.1) is 27.2 Å². The molecule has 5 aromatic rings. The van der Waals surface area contributed by atoms with Crippen LogP contribution in [-0.2, 0) is 25.4 Å². The maximum atomic E-state index is 11.6. The zero-order valence-electron chi connectivity index (χ0n) is 21.3. The quantitative estimate of drug-likeness (QED) is 0.270. The van der Waals surface area contributed by atoms with Gasteiger partial charge in [0.15, 0.2) is 0 Å². The molecular formula is C29H24ClN7O2. The molecule has 0 spiro atoms. The number of rotatable bonds is 7. The Balaban J connectivity index is 1.66. The summed E-state index contributed by atoms with van der Waals surface area (Å²) in [5, 5.41) is 18.0. The summed E-state index contributed by atoms with van der Waals surface area (Å²) in [7, 11) is 3.69. The zero-order chi connectivity index (χ0) is 27.7. The summed E-state index contributed by atoms with van der Waals surface area (Å²) < 4.78 is 9.44. The summed E-state index contributed by atoms with van der Waals surface area (Å²) in [6.45, 7) is 3.78. The lowest BCUT2D eigenvalue weighted by molar-refractivity contribution is -0.116. The number of hydrogen-bond acceptors (Lipinski definition) is 6. The topological polar surface area (TPSA) is 124 Å². The average Bonchev–Trinajstić information content (AvgIpc) is 3.48. The van der Waals surface area contributed by atoms with Gasteiger partial charge in [-0.25, -0.2) is 4.98 Å². The smallest absolute Gasteiger partial charge is 0.243 e. The molecule has 0 saturated heterocycles. The number of carbonyl (C=O) groups is 1. The Labute approximate surface area is 229 Å². The van der Waals surface area contributed by atoms with Gasteiger partial charge in [0.25, 0.3) is 0 Å². The van der Waals surface area contributed by atoms with Gasteiger partial charge in [-0.3, -0.25) is 9.48 Å². The molecule has 5 rings (SSSR count). The number of nitrogens with zero attached hydrogens (tertiary/aromatic N) is 5. The van der Waals surface area contributed by atoms with E-state index in [4.69, 9.17) is 22.1 Å². The highest BCUT2D eigenvalue weighted by molar-refractivity contribution is 6.34. The number of pyridine rings is 1. The summed E-state index contributed by atoms with van der Waals surface area (Å²) in [6.07, 6.45) is 4.49. The van der Waals surface area contributed by atoms with Crippen LogP contribution in [-0.4, -0.2) is 25.2 Å². The van der Waals surface area contributed by atoms with Crippen molar-refractivity contribution in [3.8, 4) is 40.1 Å². The first-order valence-corrected chi connectivity index (χ1v) is 12.3. The fraction of sp³-hybridized carbons (Fsp3) is 0.103. The first-order chi connectivity index (χ1) is 18.8. The van der Waals surface area contributed by atoms with E-state index < -0.39 is 0 Å². The number of nitriles is 1. The maximum Gasteiger partial charge on any atom is 0.243 e. The third-order valence-electron chi connectivity index (χ3n) is 6.35. The Morgan fingerprint density at radius 3 is 2.64 bits per heavy atom. The van der Waals surface area contributed by atoms with Crippen molar-refractivity contribution in [3.05, 3.63) is 89.7 Å². The van der Waals surface area contributed by atoms with Gasteiger partial charge < -0.3 is 20.4 Å². The van der Waals surface area contributed by atoms with Gasteiger partial charge >= 0.3 is 0 Å². The second-order valence-corrected chi connectivity index (χ2v) is 9.27. The van der Waals surface area contributed by atoms with Crippen LogP contribution < -0.4 is 15.8 Å². The molecule has 1 amide bonds. The highest BCUT2D eigenvalue weighted by Crippen LogP contribution is 2.45. The monoisotopic (exact) mass is 537 g/mol. The SMILES string of the molecule is C=CC(=O)NCc1ccc(-c2c(-c3ccc(Oc4ccn(C)n4)cc3)c3c(N)ncc(C#N)c3n2C)c(Cl)c1. The fourth-order valence-corrected chi connectivity index (χ4v) is 4.86. The average molecular weight is 538 g/mol. The Morgan fingerprint density at radius 2 is 2.00 bits per heavy atom. The van der Waals surface area contributed by atoms with Gasteiger partial charge in [-0.2, -0.15) is 5.26 Å². The molecule has 0 aliphatic heterocycles. The van der Waals surface area contributed by atoms with Crippen LogP contribution in [0, 0.1) is 11.3 Å². The van der Waals surface area contributed by atoms with Gasteiger partial charge in [0.1, 0.15) is 17.6 Å². The number of amides is 1. The molecule has 0 aliphatic carbocycles. The van der Waals surface area contributed by atoms with Crippen molar-refractivity contribution in [2.45, 2.75) is 6.54 Å². The van der Waals surface area contributed by atoms with E-state index in [-0.39, 0.29) is 5.91 Å². The summed E-state index contributed by atoms with van der Waals surface area (Å²) in [6, 6.07) is 17.1. The lowest BCUT2D eigenvalue weighted by Gasteiger charge is -2.13. The molecule has 0 radical (unpaired) electrons. The van der Waals surface area contributed by atoms with E-state index in [0.717, 1.165) is 27.9 Å². The van der Waals surface area contributed by atoms with Crippen LogP contribution in [0.25, 0.3) is 33.3 Å². The number of aryl methyl sites for hydroxylation is 2. The highest BCUT2D eigenvalue weighted by Gasteiger charge is 2.24. The van der Waals surface area contributed by atoms with Gasteiger partial charge in [-0.05, 0) is 35.4 Å². The zero-order valence-corrected chi connectivity index (χ0v) is 22.0. The second kappa shape index (κ2) is 10.4. The van der Waals surface area contributed by atoms with Crippen LogP contribution >= 0.6 is 11.6 Å². The van der Waals surface area contributed by atoms with E-state index in [1.165, 1.54) is 12.3 Å². The fourth-order valence-electron chi connectivity index (χ4n) is 4.57. The van der Waals surface area contributed by atoms with E-state index in [1.54, 1.807) is 23.0 Å². The summed E-state index contributed by atoms with van der Waals surface area (Å²) in [5.41, 5.74) is 11.4. The summed E-state index contributed by atoms with van der Waals surface area (Å²) in [5.74, 6) is 1.13. The van der Waals surface area contributed by atoms with Gasteiger partial charge in [0, 0.05) is 50.2 Å². The molecule has 0 bridgehead atoms. The molecule has 0 aliphatic rings. The summed E-state index contributed by atoms with van der Waals surface area (Å²) in [4.78, 5) is 15.9. The van der Waals surface area contributed by atoms with E-state index in [0.29, 0.717) is 45.5 Å². The van der Waals surface area contributed by atoms with Crippen LogP contribution in [0.5, 0.6) is 11.6 Å². The molecule has 2 aromatic carbocycles. The van der Waals surface area contributed by atoms with Gasteiger partial charge in [-0.1, -0.05) is 42.4 Å². The minimum Gasteiger partial charge on any atom is -0.438 e. The van der Waals surface area contributed by atoms with Crippen LogP contribution in [0.3, 0.4) is 0 Å². The van der Waals surface area contributed by atoms with Crippen molar-refractivity contribution < 1.29 is 9.53 Å². The van der Waals surface area contributed by atoms with Crippen molar-refractivity contribution in [2.24, 2.45) is 14.1 Å². The standard InChI is InChI=1S/C29H24ClN7O2/c1-4-23(38)33-15-17-5-10-21(22(30)13-17)28-25(26-27(37(28)3)19(14-31)16-34-29(26)32)18-6-8-20(9-7-18)39-24-11-12-36(2)35-24/h4-13,16H,1,15H2,2-3H3,(H2,32,34)(H,33,38). The van der Waals surface area contributed by atoms with E-state index in [9.17, 15) is 10.1 Å². The van der Waals surface area contributed by atoms with E-state index >= 15 is 0 Å². The van der Waals surface area contributed by atoms with Crippen molar-refractivity contribution in [1.82, 2.24) is 24.6 Å². The Kier molecular flexibility index (Phi) is 6.79. The highest BCUT2D eigenvalue weighted by atomic mass is 35.5. The van der Waals surface area contributed by atoms with Gasteiger partial charge in [0.2, 0.25) is 11.8 Å². The molecule has 3 N–H and O–H groups in total. The first kappa shape index (κ1) is 25.6. The predicted molar refractivity (Wildman–Crippen MR) is 151 cm³/mol. The summed E-state index contributed by atoms with van der Waals surface area (Å²) >= 11 is 6.82. The molecule has 10 heteroatoms. The number of nitrogen functional groups attached to an aromatic ring is 1. The molecule has 0 saturated carbocycles. The number of hydrogen-bond donors (Lipinski definition) is 2. The number of halogens is 1. The minimum atomic E-state index is -0.270. The number of ether oxygens (including phenoxy) is 1. The molecule has 9 nitrogen and oxygen atoms in total. The Hall–Kier alpha value is -5.07. The molecule has 0 fully saturated rings. The lowest BCUT2D eigenvalue weighted by atomic mass is 9.97. The number of anilines is 1. The normalized spacial score (nSPS) is 10.8. The molecular weight excluding hydrogens is 514 g/mol. The van der Waals surface area contributed by atoms with Crippen LogP contribution in [0.1, 0.15) is 11.1 Å². The number of nitrogens with one attached hydrogen (secondary N) is 1. The molecule has 3 aromatic heterocycles. The van der Waals surface area contributed by atoms with Crippen LogP contribution in [0.4, 0.5) is 5.82 Å². The molecule has 0 unspecified atom stereocenters. The van der Waals surface area contributed by atoms with E-state index in [1.807, 2.05) is 55.1 Å². The third-order valence-corrected chi connectivity index (χ3v) is 6.67. The molecule has 0 atom stereocenters. The number of aromatic nitrogens is 4. The molecule has 39 heavy (non-hydrogen) atoms. The van der Waals surface area contributed by atoms with Crippen molar-refractivity contribution in [3.63, 3.8) is 0 Å². The molecule has 194 valence electrons. The van der Waals surface area contributed by atoms with Crippen LogP contribution in [0.2, 0.25) is 5.02 Å². The van der Waals surface area contributed by atoms with Crippen molar-refractivity contribution in [2.75, 3.05) is 5.73 Å². The van der Waals surface area contributed by atoms with Crippen molar-refractivity contribution in [1.29, 1.82) is 5.26 Å². The van der Waals surface area contributed by atoms with Gasteiger partial charge in [-0.15, -0.1) is 5.10 Å². The first-order valence-electron chi connectivity index (χ1n) is 11.9. The van der Waals surface area contributed by atoms with Crippen LogP contribution in [0.15, 0.2) is 73.6 Å². The lowest BCUT2D eigenvalue weighted by Crippen LogP contribution is -2.19. The predicted octanol–water partition coefficient (Wildman–Crippen LogP) is 5.34. The van der Waals surface area contributed by atoms with E-state index in [2.05, 4.69) is 28.0 Å². The second-order valence-electron chi connectivity index (χ2n) is 8.87. The number of nitrogens with two attached hydrogens (primary N) is 1.